The van der Waals surface area contributed by atoms with Crippen LogP contribution in [0.3, 0.4) is 0 Å². The fourth-order valence-corrected chi connectivity index (χ4v) is 3.73. The van der Waals surface area contributed by atoms with Gasteiger partial charge < -0.3 is 4.74 Å². The van der Waals surface area contributed by atoms with Gasteiger partial charge in [-0.25, -0.2) is 9.78 Å². The Hall–Kier alpha value is -2.02. The van der Waals surface area contributed by atoms with Crippen LogP contribution >= 0.6 is 11.3 Å². The quantitative estimate of drug-likeness (QED) is 0.687. The topological polar surface area (TPSA) is 78.3 Å². The Morgan fingerprint density at radius 1 is 1.23 bits per heavy atom. The molecule has 0 aliphatic rings. The Labute approximate surface area is 157 Å². The van der Waals surface area contributed by atoms with Crippen molar-refractivity contribution in [3.8, 4) is 0 Å². The van der Waals surface area contributed by atoms with Crippen LogP contribution in [0.2, 0.25) is 0 Å². The van der Waals surface area contributed by atoms with Gasteiger partial charge in [0.25, 0.3) is 5.56 Å². The van der Waals surface area contributed by atoms with E-state index < -0.39 is 5.97 Å². The molecule has 0 spiro atoms. The molecule has 142 valence electrons. The molecule has 2 heterocycles. The second kappa shape index (κ2) is 8.12. The zero-order chi connectivity index (χ0) is 19.6. The summed E-state index contributed by atoms with van der Waals surface area (Å²) >= 11 is 1.20. The Morgan fingerprint density at radius 2 is 1.88 bits per heavy atom. The third kappa shape index (κ3) is 4.20. The number of carbonyl (C=O) groups is 2. The van der Waals surface area contributed by atoms with Crippen LogP contribution in [0.25, 0.3) is 10.2 Å². The highest BCUT2D eigenvalue weighted by Crippen LogP contribution is 2.29. The van der Waals surface area contributed by atoms with E-state index in [0.717, 1.165) is 0 Å². The molecule has 0 saturated carbocycles. The molecular formula is C19H26N2O4S. The van der Waals surface area contributed by atoms with E-state index in [2.05, 4.69) is 4.98 Å². The molecule has 0 aliphatic heterocycles. The number of thiophene rings is 1. The Kier molecular flexibility index (Phi) is 6.34. The fraction of sp³-hybridized carbons (Fsp3) is 0.579. The summed E-state index contributed by atoms with van der Waals surface area (Å²) in [7, 11) is 0. The first-order valence-corrected chi connectivity index (χ1v) is 9.65. The highest BCUT2D eigenvalue weighted by Gasteiger charge is 2.23. The lowest BCUT2D eigenvalue weighted by Crippen LogP contribution is -2.27. The van der Waals surface area contributed by atoms with E-state index in [0.29, 0.717) is 39.6 Å². The number of hydrogen-bond acceptors (Lipinski definition) is 6. The second-order valence-corrected chi connectivity index (χ2v) is 8.26. The van der Waals surface area contributed by atoms with Crippen molar-refractivity contribution in [2.45, 2.75) is 60.4 Å². The first-order valence-electron chi connectivity index (χ1n) is 8.83. The van der Waals surface area contributed by atoms with Crippen molar-refractivity contribution < 1.29 is 14.3 Å². The molecule has 7 heteroatoms. The lowest BCUT2D eigenvalue weighted by molar-refractivity contribution is -0.117. The van der Waals surface area contributed by atoms with Crippen molar-refractivity contribution >= 4 is 33.3 Å². The summed E-state index contributed by atoms with van der Waals surface area (Å²) in [6.07, 6.45) is 0.277. The van der Waals surface area contributed by atoms with E-state index in [-0.39, 0.29) is 29.6 Å². The van der Waals surface area contributed by atoms with Crippen LogP contribution in [0.15, 0.2) is 4.79 Å². The number of ketones is 1. The molecule has 2 aromatic heterocycles. The number of carbonyl (C=O) groups excluding carboxylic acids is 2. The molecule has 0 N–H and O–H groups in total. The summed E-state index contributed by atoms with van der Waals surface area (Å²) in [6, 6.07) is 0. The average Bonchev–Trinajstić information content (AvgIpc) is 2.88. The van der Waals surface area contributed by atoms with Crippen molar-refractivity contribution in [2.75, 3.05) is 6.61 Å². The molecule has 0 radical (unpaired) electrons. The minimum Gasteiger partial charge on any atom is -0.461 e. The molecule has 0 bridgehead atoms. The van der Waals surface area contributed by atoms with Gasteiger partial charge in [-0.2, -0.15) is 0 Å². The van der Waals surface area contributed by atoms with Gasteiger partial charge in [-0.05, 0) is 25.3 Å². The number of hydrogen-bond donors (Lipinski definition) is 0. The van der Waals surface area contributed by atoms with E-state index in [1.54, 1.807) is 11.5 Å². The predicted molar refractivity (Wildman–Crippen MR) is 103 cm³/mol. The lowest BCUT2D eigenvalue weighted by Gasteiger charge is -2.14. The molecule has 0 atom stereocenters. The summed E-state index contributed by atoms with van der Waals surface area (Å²) in [5.74, 6) is 0.500. The number of aromatic nitrogens is 2. The third-order valence-electron chi connectivity index (χ3n) is 4.02. The first-order chi connectivity index (χ1) is 12.1. The molecule has 6 nitrogen and oxygen atoms in total. The largest absolute Gasteiger partial charge is 0.461 e. The predicted octanol–water partition coefficient (Wildman–Crippen LogP) is 3.68. The molecule has 0 aromatic carbocycles. The van der Waals surface area contributed by atoms with Crippen LogP contribution in [-0.4, -0.2) is 27.9 Å². The van der Waals surface area contributed by atoms with Crippen LogP contribution in [0.5, 0.6) is 0 Å². The first kappa shape index (κ1) is 20.3. The van der Waals surface area contributed by atoms with Crippen molar-refractivity contribution in [1.29, 1.82) is 0 Å². The molecule has 2 rings (SSSR count). The molecule has 2 aromatic rings. The zero-order valence-electron chi connectivity index (χ0n) is 16.2. The minimum atomic E-state index is -0.417. The fourth-order valence-electron chi connectivity index (χ4n) is 2.66. The Morgan fingerprint density at radius 3 is 2.42 bits per heavy atom. The van der Waals surface area contributed by atoms with Crippen LogP contribution in [-0.2, 0) is 16.1 Å². The van der Waals surface area contributed by atoms with Gasteiger partial charge in [-0.1, -0.05) is 27.7 Å². The SMILES string of the molecule is CC(=O)CCn1c(C(C)C)nc2sc(C(=O)OCC(C)C)c(C)c2c1=O. The summed E-state index contributed by atoms with van der Waals surface area (Å²) in [5.41, 5.74) is 0.403. The monoisotopic (exact) mass is 378 g/mol. The number of rotatable bonds is 7. The molecule has 26 heavy (non-hydrogen) atoms. The number of aryl methyl sites for hydroxylation is 1. The van der Waals surface area contributed by atoms with E-state index in [1.807, 2.05) is 27.7 Å². The van der Waals surface area contributed by atoms with E-state index in [1.165, 1.54) is 18.3 Å². The molecule has 0 unspecified atom stereocenters. The maximum atomic E-state index is 13.1. The normalized spacial score (nSPS) is 11.5. The van der Waals surface area contributed by atoms with Crippen molar-refractivity contribution in [1.82, 2.24) is 9.55 Å². The third-order valence-corrected chi connectivity index (χ3v) is 5.18. The van der Waals surface area contributed by atoms with E-state index >= 15 is 0 Å². The van der Waals surface area contributed by atoms with Gasteiger partial charge in [0.1, 0.15) is 21.3 Å². The lowest BCUT2D eigenvalue weighted by atomic mass is 10.1. The molecule has 0 aliphatic carbocycles. The van der Waals surface area contributed by atoms with Gasteiger partial charge in [0.15, 0.2) is 0 Å². The van der Waals surface area contributed by atoms with Gasteiger partial charge in [0.2, 0.25) is 0 Å². The van der Waals surface area contributed by atoms with Crippen LogP contribution < -0.4 is 5.56 Å². The summed E-state index contributed by atoms with van der Waals surface area (Å²) < 4.78 is 6.88. The summed E-state index contributed by atoms with van der Waals surface area (Å²) in [5, 5.41) is 0.444. The van der Waals surface area contributed by atoms with Crippen LogP contribution in [0, 0.1) is 12.8 Å². The van der Waals surface area contributed by atoms with Gasteiger partial charge in [-0.3, -0.25) is 14.2 Å². The minimum absolute atomic E-state index is 0.0201. The number of Topliss-reactive ketones (excluding diaryl/α,β-unsaturated/α-hetero) is 1. The smallest absolute Gasteiger partial charge is 0.348 e. The van der Waals surface area contributed by atoms with Gasteiger partial charge in [-0.15, -0.1) is 11.3 Å². The molecule has 0 amide bonds. The number of ether oxygens (including phenoxy) is 1. The maximum absolute atomic E-state index is 13.1. The zero-order valence-corrected chi connectivity index (χ0v) is 17.0. The van der Waals surface area contributed by atoms with Crippen molar-refractivity contribution in [2.24, 2.45) is 5.92 Å². The summed E-state index contributed by atoms with van der Waals surface area (Å²) in [4.78, 5) is 42.4. The van der Waals surface area contributed by atoms with Crippen LogP contribution in [0.4, 0.5) is 0 Å². The summed E-state index contributed by atoms with van der Waals surface area (Å²) in [6.45, 7) is 11.7. The van der Waals surface area contributed by atoms with Gasteiger partial charge in [0.05, 0.1) is 12.0 Å². The molecule has 0 saturated heterocycles. The van der Waals surface area contributed by atoms with E-state index in [9.17, 15) is 14.4 Å². The Balaban J connectivity index is 2.58. The maximum Gasteiger partial charge on any atom is 0.348 e. The number of esters is 1. The highest BCUT2D eigenvalue weighted by molar-refractivity contribution is 7.20. The van der Waals surface area contributed by atoms with Crippen molar-refractivity contribution in [3.05, 3.63) is 26.6 Å². The standard InChI is InChI=1S/C19H26N2O4S/c1-10(2)9-25-19(24)15-13(6)14-17(26-15)20-16(11(3)4)21(18(14)23)8-7-12(5)22/h10-11H,7-9H2,1-6H3. The van der Waals surface area contributed by atoms with Crippen LogP contribution in [0.1, 0.15) is 68.0 Å². The Bertz CT molecular complexity index is 893. The van der Waals surface area contributed by atoms with Gasteiger partial charge in [0, 0.05) is 18.9 Å². The van der Waals surface area contributed by atoms with Gasteiger partial charge >= 0.3 is 5.97 Å². The average molecular weight is 378 g/mol. The highest BCUT2D eigenvalue weighted by atomic mass is 32.1. The second-order valence-electron chi connectivity index (χ2n) is 7.26. The molecule has 0 fully saturated rings. The number of fused-ring (bicyclic) bond motifs is 1. The molecular weight excluding hydrogens is 352 g/mol. The van der Waals surface area contributed by atoms with Crippen molar-refractivity contribution in [3.63, 3.8) is 0 Å². The number of nitrogens with zero attached hydrogens (tertiary/aromatic N) is 2. The van der Waals surface area contributed by atoms with E-state index in [4.69, 9.17) is 4.74 Å².